The van der Waals surface area contributed by atoms with E-state index in [-0.39, 0.29) is 0 Å². The maximum Gasteiger partial charge on any atom is 0.177 e. The molecule has 0 aliphatic carbocycles. The molecule has 1 heterocycles. The Morgan fingerprint density at radius 1 is 1.33 bits per heavy atom. The van der Waals surface area contributed by atoms with Gasteiger partial charge in [0.15, 0.2) is 5.82 Å². The monoisotopic (exact) mass is 203 g/mol. The van der Waals surface area contributed by atoms with Gasteiger partial charge in [-0.05, 0) is 19.1 Å². The number of nitrogens with zero attached hydrogens (tertiary/aromatic N) is 3. The molecule has 1 aromatic heterocycles. The molecule has 0 radical (unpaired) electrons. The standard InChI is InChI=1S/C10H11N3.C2H6/c1-3-4-6-11-9(2)10-12-7-5-8-13-10;1-2/h3-8H,2H2,1H3;1-2H3/b4-3-,11-6?;. The van der Waals surface area contributed by atoms with Gasteiger partial charge in [0.05, 0.1) is 0 Å². The van der Waals surface area contributed by atoms with Crippen molar-refractivity contribution < 1.29 is 0 Å². The van der Waals surface area contributed by atoms with Crippen LogP contribution in [0.2, 0.25) is 0 Å². The largest absolute Gasteiger partial charge is 0.254 e. The van der Waals surface area contributed by atoms with E-state index < -0.39 is 0 Å². The van der Waals surface area contributed by atoms with Crippen molar-refractivity contribution in [3.63, 3.8) is 0 Å². The molecule has 0 fully saturated rings. The van der Waals surface area contributed by atoms with E-state index in [1.807, 2.05) is 32.9 Å². The smallest absolute Gasteiger partial charge is 0.177 e. The second kappa shape index (κ2) is 8.81. The van der Waals surface area contributed by atoms with Crippen LogP contribution in [0.5, 0.6) is 0 Å². The summed E-state index contributed by atoms with van der Waals surface area (Å²) in [6.45, 7) is 9.66. The summed E-state index contributed by atoms with van der Waals surface area (Å²) in [7, 11) is 0. The van der Waals surface area contributed by atoms with E-state index >= 15 is 0 Å². The lowest BCUT2D eigenvalue weighted by atomic mass is 10.4. The van der Waals surface area contributed by atoms with Gasteiger partial charge in [-0.2, -0.15) is 0 Å². The van der Waals surface area contributed by atoms with Crippen LogP contribution in [0, 0.1) is 0 Å². The number of hydrogen-bond donors (Lipinski definition) is 0. The first-order valence-corrected chi connectivity index (χ1v) is 4.96. The summed E-state index contributed by atoms with van der Waals surface area (Å²) < 4.78 is 0. The quantitative estimate of drug-likeness (QED) is 0.708. The molecule has 0 atom stereocenters. The molecule has 0 spiro atoms. The zero-order chi connectivity index (χ0) is 11.5. The first kappa shape index (κ1) is 13.2. The highest BCUT2D eigenvalue weighted by Gasteiger charge is 1.95. The predicted molar refractivity (Wildman–Crippen MR) is 65.7 cm³/mol. The minimum atomic E-state index is 0.559. The Morgan fingerprint density at radius 2 is 1.93 bits per heavy atom. The van der Waals surface area contributed by atoms with E-state index in [1.54, 1.807) is 24.7 Å². The Labute approximate surface area is 91.3 Å². The zero-order valence-electron chi connectivity index (χ0n) is 9.51. The van der Waals surface area contributed by atoms with Crippen LogP contribution >= 0.6 is 0 Å². The second-order valence-corrected chi connectivity index (χ2v) is 2.32. The predicted octanol–water partition coefficient (Wildman–Crippen LogP) is 3.12. The minimum absolute atomic E-state index is 0.559. The van der Waals surface area contributed by atoms with Crippen LogP contribution in [-0.4, -0.2) is 16.2 Å². The summed E-state index contributed by atoms with van der Waals surface area (Å²) in [5.74, 6) is 0.559. The van der Waals surface area contributed by atoms with Crippen LogP contribution in [0.15, 0.2) is 42.2 Å². The average molecular weight is 203 g/mol. The molecule has 0 saturated heterocycles. The van der Waals surface area contributed by atoms with Crippen molar-refractivity contribution in [3.05, 3.63) is 43.0 Å². The normalized spacial score (nSPS) is 10.1. The highest BCUT2D eigenvalue weighted by Crippen LogP contribution is 2.04. The summed E-state index contributed by atoms with van der Waals surface area (Å²) in [4.78, 5) is 12.1. The fourth-order valence-corrected chi connectivity index (χ4v) is 0.725. The van der Waals surface area contributed by atoms with Crippen molar-refractivity contribution in [2.75, 3.05) is 0 Å². The van der Waals surface area contributed by atoms with Crippen molar-refractivity contribution in [3.8, 4) is 0 Å². The first-order valence-electron chi connectivity index (χ1n) is 4.96. The molecule has 3 heteroatoms. The minimum Gasteiger partial charge on any atom is -0.254 e. The maximum absolute atomic E-state index is 4.05. The molecular formula is C12H17N3. The van der Waals surface area contributed by atoms with Crippen molar-refractivity contribution in [2.24, 2.45) is 4.99 Å². The van der Waals surface area contributed by atoms with Gasteiger partial charge in [-0.1, -0.05) is 26.5 Å². The molecule has 0 aliphatic rings. The van der Waals surface area contributed by atoms with E-state index in [0.29, 0.717) is 11.5 Å². The molecular weight excluding hydrogens is 186 g/mol. The summed E-state index contributed by atoms with van der Waals surface area (Å²) in [5, 5.41) is 0. The van der Waals surface area contributed by atoms with E-state index in [2.05, 4.69) is 21.5 Å². The summed E-state index contributed by atoms with van der Waals surface area (Å²) in [6, 6.07) is 1.76. The Balaban J connectivity index is 0.000000921. The van der Waals surface area contributed by atoms with Crippen LogP contribution < -0.4 is 0 Å². The fourth-order valence-electron chi connectivity index (χ4n) is 0.725. The van der Waals surface area contributed by atoms with Crippen molar-refractivity contribution in [2.45, 2.75) is 20.8 Å². The topological polar surface area (TPSA) is 38.1 Å². The van der Waals surface area contributed by atoms with Crippen molar-refractivity contribution >= 4 is 11.9 Å². The van der Waals surface area contributed by atoms with E-state index in [0.717, 1.165) is 0 Å². The lowest BCUT2D eigenvalue weighted by Crippen LogP contribution is -1.88. The molecule has 3 nitrogen and oxygen atoms in total. The van der Waals surface area contributed by atoms with Crippen LogP contribution in [0.25, 0.3) is 5.70 Å². The van der Waals surface area contributed by atoms with Gasteiger partial charge in [0.2, 0.25) is 0 Å². The highest BCUT2D eigenvalue weighted by molar-refractivity contribution is 5.77. The van der Waals surface area contributed by atoms with Gasteiger partial charge in [0.25, 0.3) is 0 Å². The number of rotatable bonds is 3. The average Bonchev–Trinajstić information content (AvgIpc) is 2.33. The van der Waals surface area contributed by atoms with E-state index in [9.17, 15) is 0 Å². The highest BCUT2D eigenvalue weighted by atomic mass is 14.9. The number of allylic oxidation sites excluding steroid dienone is 2. The lowest BCUT2D eigenvalue weighted by Gasteiger charge is -1.94. The number of aromatic nitrogens is 2. The molecule has 0 saturated carbocycles. The summed E-state index contributed by atoms with van der Waals surface area (Å²) in [5.41, 5.74) is 0.568. The van der Waals surface area contributed by atoms with Gasteiger partial charge >= 0.3 is 0 Å². The molecule has 80 valence electrons. The van der Waals surface area contributed by atoms with Gasteiger partial charge in [-0.15, -0.1) is 0 Å². The second-order valence-electron chi connectivity index (χ2n) is 2.32. The van der Waals surface area contributed by atoms with Crippen LogP contribution in [0.3, 0.4) is 0 Å². The molecule has 0 aliphatic heterocycles. The van der Waals surface area contributed by atoms with E-state index in [4.69, 9.17) is 0 Å². The Morgan fingerprint density at radius 3 is 2.47 bits per heavy atom. The van der Waals surface area contributed by atoms with Gasteiger partial charge in [0.1, 0.15) is 5.70 Å². The zero-order valence-corrected chi connectivity index (χ0v) is 9.51. The first-order chi connectivity index (χ1) is 7.34. The summed E-state index contributed by atoms with van der Waals surface area (Å²) in [6.07, 6.45) is 8.72. The molecule has 0 bridgehead atoms. The molecule has 0 aromatic carbocycles. The molecule has 1 rings (SSSR count). The van der Waals surface area contributed by atoms with E-state index in [1.165, 1.54) is 0 Å². The fraction of sp³-hybridized carbons (Fsp3) is 0.250. The number of hydrogen-bond acceptors (Lipinski definition) is 3. The van der Waals surface area contributed by atoms with Gasteiger partial charge < -0.3 is 0 Å². The Hall–Kier alpha value is -1.77. The molecule has 1 aromatic rings. The third-order valence-electron chi connectivity index (χ3n) is 1.33. The molecule has 0 unspecified atom stereocenters. The van der Waals surface area contributed by atoms with Gasteiger partial charge in [-0.25, -0.2) is 9.97 Å². The molecule has 0 amide bonds. The Kier molecular flexibility index (Phi) is 7.77. The van der Waals surface area contributed by atoms with Crippen LogP contribution in [0.1, 0.15) is 26.6 Å². The summed E-state index contributed by atoms with van der Waals surface area (Å²) >= 11 is 0. The van der Waals surface area contributed by atoms with Gasteiger partial charge in [-0.3, -0.25) is 4.99 Å². The van der Waals surface area contributed by atoms with Crippen molar-refractivity contribution in [1.82, 2.24) is 9.97 Å². The third-order valence-corrected chi connectivity index (χ3v) is 1.33. The van der Waals surface area contributed by atoms with Crippen molar-refractivity contribution in [1.29, 1.82) is 0 Å². The molecule has 0 N–H and O–H groups in total. The molecule has 15 heavy (non-hydrogen) atoms. The van der Waals surface area contributed by atoms with Crippen LogP contribution in [-0.2, 0) is 0 Å². The lowest BCUT2D eigenvalue weighted by molar-refractivity contribution is 1.11. The SMILES string of the molecule is C=C(N=C/C=C\C)c1ncccn1.CC. The van der Waals surface area contributed by atoms with Gasteiger partial charge in [0, 0.05) is 18.6 Å². The third kappa shape index (κ3) is 5.52. The van der Waals surface area contributed by atoms with Crippen LogP contribution in [0.4, 0.5) is 0 Å². The maximum atomic E-state index is 4.05. The Bertz CT molecular complexity index is 326. The number of aliphatic imine (C=N–C) groups is 1.